The van der Waals surface area contributed by atoms with Crippen LogP contribution in [-0.2, 0) is 14.3 Å². The highest BCUT2D eigenvalue weighted by atomic mass is 16.7. The molecular weight excluding hydrogens is 995 g/mol. The number of amides is 1. The third kappa shape index (κ3) is 47.4. The topological polar surface area (TPSA) is 149 Å². The monoisotopic (exact) mass is 1120 g/mol. The molecule has 9 nitrogen and oxygen atoms in total. The predicted molar refractivity (Wildman–Crippen MR) is 341 cm³/mol. The summed E-state index contributed by atoms with van der Waals surface area (Å²) in [6, 6.07) is -0.828. The van der Waals surface area contributed by atoms with Crippen LogP contribution in [0.1, 0.15) is 277 Å². The van der Waals surface area contributed by atoms with Crippen molar-refractivity contribution in [2.24, 2.45) is 0 Å². The molecule has 0 spiro atoms. The molecule has 9 heteroatoms. The van der Waals surface area contributed by atoms with Gasteiger partial charge in [0.25, 0.3) is 0 Å². The average Bonchev–Trinajstić information content (AvgIpc) is 3.46. The fourth-order valence-corrected chi connectivity index (χ4v) is 9.92. The maximum absolute atomic E-state index is 13.1. The molecule has 0 saturated carbocycles. The quantitative estimate of drug-likeness (QED) is 0.0261. The lowest BCUT2D eigenvalue weighted by Gasteiger charge is -2.40. The second kappa shape index (κ2) is 59.0. The fraction of sp³-hybridized carbons (Fsp3) is 0.732. The van der Waals surface area contributed by atoms with Crippen LogP contribution in [0.3, 0.4) is 0 Å². The zero-order chi connectivity index (χ0) is 57.9. The van der Waals surface area contributed by atoms with Gasteiger partial charge in [-0.15, -0.1) is 0 Å². The highest BCUT2D eigenvalue weighted by Gasteiger charge is 2.44. The lowest BCUT2D eigenvalue weighted by atomic mass is 9.99. The molecule has 460 valence electrons. The third-order valence-corrected chi connectivity index (χ3v) is 15.1. The van der Waals surface area contributed by atoms with Crippen LogP contribution in [-0.4, -0.2) is 87.5 Å². The minimum atomic E-state index is -1.58. The van der Waals surface area contributed by atoms with Crippen LogP contribution in [0.2, 0.25) is 0 Å². The number of aliphatic hydroxyl groups excluding tert-OH is 5. The van der Waals surface area contributed by atoms with Gasteiger partial charge in [0.1, 0.15) is 24.4 Å². The van der Waals surface area contributed by atoms with Crippen molar-refractivity contribution < 1.29 is 39.8 Å². The lowest BCUT2D eigenvalue weighted by molar-refractivity contribution is -0.302. The molecule has 80 heavy (non-hydrogen) atoms. The maximum atomic E-state index is 13.1. The summed E-state index contributed by atoms with van der Waals surface area (Å²) in [5.41, 5.74) is 0. The number of hydrogen-bond acceptors (Lipinski definition) is 8. The van der Waals surface area contributed by atoms with Crippen LogP contribution in [0.5, 0.6) is 0 Å². The number of allylic oxidation sites excluding steroid dienone is 17. The van der Waals surface area contributed by atoms with Gasteiger partial charge in [0.05, 0.1) is 25.4 Å². The number of unbranched alkanes of at least 4 members (excludes halogenated alkanes) is 30. The second-order valence-corrected chi connectivity index (χ2v) is 22.5. The van der Waals surface area contributed by atoms with E-state index in [0.29, 0.717) is 6.42 Å². The van der Waals surface area contributed by atoms with Crippen molar-refractivity contribution >= 4 is 5.91 Å². The van der Waals surface area contributed by atoms with E-state index in [1.807, 2.05) is 6.08 Å². The molecule has 1 saturated heterocycles. The molecule has 0 aliphatic carbocycles. The van der Waals surface area contributed by atoms with E-state index in [0.717, 1.165) is 83.5 Å². The Hall–Kier alpha value is -3.15. The molecule has 1 amide bonds. The van der Waals surface area contributed by atoms with Gasteiger partial charge in [0.15, 0.2) is 6.29 Å². The molecule has 0 bridgehead atoms. The first-order chi connectivity index (χ1) is 39.3. The number of ether oxygens (including phenoxy) is 2. The minimum absolute atomic E-state index is 0.188. The van der Waals surface area contributed by atoms with Gasteiger partial charge in [0, 0.05) is 6.42 Å². The standard InChI is InChI=1S/C71H123NO8/c1-3-5-7-9-11-13-15-17-19-21-23-25-26-27-28-29-30-31-32-33-34-35-36-37-38-39-40-41-43-45-47-49-51-53-55-57-59-61-67(75)72-64(63-79-71-70(78)69(77)68(76)66(62-73)80-71)65(74)60-58-56-54-52-50-48-46-44-42-24-22-20-18-16-14-12-10-8-6-4-2/h5,7,11,13,17,19,23,25,27-28,30-31,33-34,50,52,58,60,64-66,68-71,73-74,76-78H,3-4,6,8-10,12,14-16,18,20-22,24,26,29,32,35-49,51,53-57,59,61-63H2,1-2H3,(H,72,75)/b7-5-,13-11-,19-17-,25-23-,28-27-,31-30-,34-33-,52-50+,60-58+. The van der Waals surface area contributed by atoms with E-state index in [1.54, 1.807) is 6.08 Å². The first kappa shape index (κ1) is 74.9. The molecule has 7 atom stereocenters. The summed E-state index contributed by atoms with van der Waals surface area (Å²) in [5.74, 6) is -0.188. The van der Waals surface area contributed by atoms with Crippen molar-refractivity contribution in [1.29, 1.82) is 0 Å². The Morgan fingerprint density at radius 1 is 0.438 bits per heavy atom. The van der Waals surface area contributed by atoms with E-state index in [2.05, 4.69) is 116 Å². The highest BCUT2D eigenvalue weighted by molar-refractivity contribution is 5.76. The molecule has 1 aliphatic rings. The Balaban J connectivity index is 2.15. The summed E-state index contributed by atoms with van der Waals surface area (Å²) in [5, 5.41) is 54.6. The third-order valence-electron chi connectivity index (χ3n) is 15.1. The van der Waals surface area contributed by atoms with Crippen LogP contribution in [0.25, 0.3) is 0 Å². The van der Waals surface area contributed by atoms with E-state index in [4.69, 9.17) is 9.47 Å². The summed E-state index contributed by atoms with van der Waals surface area (Å²) in [7, 11) is 0. The number of carbonyl (C=O) groups is 1. The van der Waals surface area contributed by atoms with Crippen LogP contribution >= 0.6 is 0 Å². The minimum Gasteiger partial charge on any atom is -0.394 e. The molecule has 1 rings (SSSR count). The number of carbonyl (C=O) groups excluding carboxylic acids is 1. The molecule has 1 aliphatic heterocycles. The molecule has 1 fully saturated rings. The Kier molecular flexibility index (Phi) is 55.2. The van der Waals surface area contributed by atoms with Gasteiger partial charge < -0.3 is 40.3 Å². The van der Waals surface area contributed by atoms with E-state index in [9.17, 15) is 30.3 Å². The number of rotatable bonds is 56. The smallest absolute Gasteiger partial charge is 0.220 e. The first-order valence-corrected chi connectivity index (χ1v) is 33.1. The Labute approximate surface area is 491 Å². The Morgan fingerprint density at radius 3 is 1.20 bits per heavy atom. The van der Waals surface area contributed by atoms with E-state index in [1.165, 1.54) is 173 Å². The fourth-order valence-electron chi connectivity index (χ4n) is 9.92. The van der Waals surface area contributed by atoms with E-state index in [-0.39, 0.29) is 12.5 Å². The molecule has 6 N–H and O–H groups in total. The predicted octanol–water partition coefficient (Wildman–Crippen LogP) is 17.7. The number of nitrogens with one attached hydrogen (secondary N) is 1. The van der Waals surface area contributed by atoms with Crippen LogP contribution < -0.4 is 5.32 Å². The van der Waals surface area contributed by atoms with Gasteiger partial charge in [0.2, 0.25) is 5.91 Å². The Bertz CT molecular complexity index is 1630. The zero-order valence-electron chi connectivity index (χ0n) is 51.3. The molecule has 0 radical (unpaired) electrons. The second-order valence-electron chi connectivity index (χ2n) is 22.5. The lowest BCUT2D eigenvalue weighted by Crippen LogP contribution is -2.60. The maximum Gasteiger partial charge on any atom is 0.220 e. The van der Waals surface area contributed by atoms with Gasteiger partial charge >= 0.3 is 0 Å². The van der Waals surface area contributed by atoms with Gasteiger partial charge in [-0.1, -0.05) is 290 Å². The van der Waals surface area contributed by atoms with Gasteiger partial charge in [-0.05, 0) is 89.9 Å². The normalized spacial score (nSPS) is 19.2. The number of hydrogen-bond donors (Lipinski definition) is 6. The Morgan fingerprint density at radius 2 is 0.787 bits per heavy atom. The first-order valence-electron chi connectivity index (χ1n) is 33.1. The van der Waals surface area contributed by atoms with Gasteiger partial charge in [-0.3, -0.25) is 4.79 Å². The average molecular weight is 1120 g/mol. The summed E-state index contributed by atoms with van der Waals surface area (Å²) >= 11 is 0. The SMILES string of the molecule is CC/C=C\C/C=C\C/C=C\C/C=C\C/C=C\C/C=C\C/C=C\CCCCCCCCCCCCCCCCCC(=O)NC(COC1OC(CO)C(O)C(O)C1O)C(O)/C=C/CC/C=C/CCCCCCCCCCCCCCCC. The summed E-state index contributed by atoms with van der Waals surface area (Å²) < 4.78 is 11.3. The van der Waals surface area contributed by atoms with Crippen molar-refractivity contribution in [2.75, 3.05) is 13.2 Å². The largest absolute Gasteiger partial charge is 0.394 e. The van der Waals surface area contributed by atoms with Crippen LogP contribution in [0.15, 0.2) is 109 Å². The van der Waals surface area contributed by atoms with E-state index < -0.39 is 49.5 Å². The van der Waals surface area contributed by atoms with Crippen molar-refractivity contribution in [3.05, 3.63) is 109 Å². The van der Waals surface area contributed by atoms with Crippen LogP contribution in [0.4, 0.5) is 0 Å². The van der Waals surface area contributed by atoms with Crippen LogP contribution in [0, 0.1) is 0 Å². The summed E-state index contributed by atoms with van der Waals surface area (Å²) in [4.78, 5) is 13.1. The van der Waals surface area contributed by atoms with Crippen molar-refractivity contribution in [1.82, 2.24) is 5.32 Å². The van der Waals surface area contributed by atoms with Crippen molar-refractivity contribution in [2.45, 2.75) is 320 Å². The molecule has 0 aromatic heterocycles. The van der Waals surface area contributed by atoms with Crippen molar-refractivity contribution in [3.8, 4) is 0 Å². The zero-order valence-corrected chi connectivity index (χ0v) is 51.3. The molecule has 7 unspecified atom stereocenters. The van der Waals surface area contributed by atoms with E-state index >= 15 is 0 Å². The highest BCUT2D eigenvalue weighted by Crippen LogP contribution is 2.23. The van der Waals surface area contributed by atoms with Gasteiger partial charge in [-0.25, -0.2) is 0 Å². The molecule has 0 aromatic carbocycles. The summed E-state index contributed by atoms with van der Waals surface area (Å²) in [6.07, 6.45) is 80.3. The molecule has 0 aromatic rings. The molecular formula is C71H123NO8. The number of aliphatic hydroxyl groups is 5. The molecule has 1 heterocycles. The van der Waals surface area contributed by atoms with Crippen molar-refractivity contribution in [3.63, 3.8) is 0 Å². The summed E-state index contributed by atoms with van der Waals surface area (Å²) in [6.45, 7) is 3.66. The van der Waals surface area contributed by atoms with Gasteiger partial charge in [-0.2, -0.15) is 0 Å².